The third kappa shape index (κ3) is 4.00. The van der Waals surface area contributed by atoms with Gasteiger partial charge in [0, 0.05) is 25.4 Å². The number of carbonyl (C=O) groups is 1. The van der Waals surface area contributed by atoms with Crippen molar-refractivity contribution < 1.29 is 22.0 Å². The Morgan fingerprint density at radius 3 is 2.37 bits per heavy atom. The lowest BCUT2D eigenvalue weighted by Crippen LogP contribution is -2.40. The summed E-state index contributed by atoms with van der Waals surface area (Å²) < 4.78 is 50.4. The van der Waals surface area contributed by atoms with Gasteiger partial charge in [0.25, 0.3) is 0 Å². The van der Waals surface area contributed by atoms with E-state index in [4.69, 9.17) is 0 Å². The molecule has 1 amide bonds. The largest absolute Gasteiger partial charge is 0.339 e. The SMILES string of the molecule is CC(=O)N1CC2(CC2)[C@H](CS(=O)(=O)C(F)F)[C@@H]1Cc1cccc(-c2ccccc2)c1. The zero-order chi connectivity index (χ0) is 21.5. The van der Waals surface area contributed by atoms with E-state index in [9.17, 15) is 22.0 Å². The van der Waals surface area contributed by atoms with Crippen molar-refractivity contribution in [2.45, 2.75) is 38.0 Å². The molecule has 30 heavy (non-hydrogen) atoms. The van der Waals surface area contributed by atoms with E-state index < -0.39 is 33.3 Å². The average molecular weight is 434 g/mol. The van der Waals surface area contributed by atoms with Crippen LogP contribution in [0.3, 0.4) is 0 Å². The number of carbonyl (C=O) groups excluding carboxylic acids is 1. The average Bonchev–Trinajstić information content (AvgIpc) is 3.44. The second-order valence-corrected chi connectivity index (χ2v) is 10.6. The minimum absolute atomic E-state index is 0.137. The van der Waals surface area contributed by atoms with Crippen LogP contribution in [0.1, 0.15) is 25.3 Å². The molecule has 0 unspecified atom stereocenters. The second kappa shape index (κ2) is 7.76. The molecule has 1 spiro atoms. The van der Waals surface area contributed by atoms with Crippen LogP contribution in [0, 0.1) is 11.3 Å². The highest BCUT2D eigenvalue weighted by atomic mass is 32.2. The molecule has 2 atom stereocenters. The Bertz CT molecular complexity index is 1040. The molecular weight excluding hydrogens is 408 g/mol. The third-order valence-corrected chi connectivity index (χ3v) is 7.96. The summed E-state index contributed by atoms with van der Waals surface area (Å²) in [6.45, 7) is 1.92. The minimum Gasteiger partial charge on any atom is -0.339 e. The van der Waals surface area contributed by atoms with Crippen molar-refractivity contribution in [3.8, 4) is 11.1 Å². The van der Waals surface area contributed by atoms with E-state index in [1.54, 1.807) is 4.90 Å². The Morgan fingerprint density at radius 2 is 1.77 bits per heavy atom. The molecule has 1 aliphatic carbocycles. The van der Waals surface area contributed by atoms with Crippen LogP contribution >= 0.6 is 0 Å². The number of amides is 1. The molecule has 4 rings (SSSR count). The molecule has 0 aromatic heterocycles. The molecule has 2 aromatic rings. The number of benzene rings is 2. The van der Waals surface area contributed by atoms with Gasteiger partial charge in [0.1, 0.15) is 0 Å². The van der Waals surface area contributed by atoms with E-state index in [1.807, 2.05) is 54.6 Å². The summed E-state index contributed by atoms with van der Waals surface area (Å²) in [6.07, 6.45) is 2.01. The summed E-state index contributed by atoms with van der Waals surface area (Å²) in [6, 6.07) is 17.4. The standard InChI is InChI=1S/C23H25F2NO3S/c1-16(27)26-15-23(10-11-23)20(14-30(28,29)22(24)25)21(26)13-17-6-5-9-19(12-17)18-7-3-2-4-8-18/h2-9,12,20-22H,10-11,13-15H2,1H3/t20-,21+/m1/s1. The first-order valence-corrected chi connectivity index (χ1v) is 11.8. The summed E-state index contributed by atoms with van der Waals surface area (Å²) >= 11 is 0. The van der Waals surface area contributed by atoms with E-state index in [1.165, 1.54) is 6.92 Å². The number of nitrogens with zero attached hydrogens (tertiary/aromatic N) is 1. The van der Waals surface area contributed by atoms with Gasteiger partial charge in [-0.2, -0.15) is 8.78 Å². The van der Waals surface area contributed by atoms with Gasteiger partial charge in [-0.25, -0.2) is 8.42 Å². The molecule has 1 saturated carbocycles. The fourth-order valence-corrected chi connectivity index (χ4v) is 6.07. The Labute approximate surface area is 175 Å². The van der Waals surface area contributed by atoms with Crippen molar-refractivity contribution >= 4 is 15.7 Å². The zero-order valence-corrected chi connectivity index (χ0v) is 17.6. The van der Waals surface area contributed by atoms with Gasteiger partial charge in [-0.05, 0) is 41.4 Å². The van der Waals surface area contributed by atoms with E-state index in [-0.39, 0.29) is 11.3 Å². The van der Waals surface area contributed by atoms with E-state index >= 15 is 0 Å². The Kier molecular flexibility index (Phi) is 5.43. The van der Waals surface area contributed by atoms with Crippen molar-refractivity contribution in [2.24, 2.45) is 11.3 Å². The summed E-state index contributed by atoms with van der Waals surface area (Å²) in [4.78, 5) is 14.0. The second-order valence-electron chi connectivity index (χ2n) is 8.54. The zero-order valence-electron chi connectivity index (χ0n) is 16.8. The normalized spacial score (nSPS) is 22.6. The molecule has 2 fully saturated rings. The predicted octanol–water partition coefficient (Wildman–Crippen LogP) is 4.16. The van der Waals surface area contributed by atoms with Gasteiger partial charge in [-0.15, -0.1) is 0 Å². The molecule has 160 valence electrons. The lowest BCUT2D eigenvalue weighted by molar-refractivity contribution is -0.130. The molecular formula is C23H25F2NO3S. The first kappa shape index (κ1) is 21.0. The monoisotopic (exact) mass is 433 g/mol. The maximum Gasteiger partial charge on any atom is 0.336 e. The van der Waals surface area contributed by atoms with Crippen molar-refractivity contribution in [3.05, 3.63) is 60.2 Å². The fraction of sp³-hybridized carbons (Fsp3) is 0.435. The number of hydrogen-bond donors (Lipinski definition) is 0. The maximum absolute atomic E-state index is 13.1. The number of alkyl halides is 2. The lowest BCUT2D eigenvalue weighted by Gasteiger charge is -2.28. The molecule has 0 radical (unpaired) electrons. The van der Waals surface area contributed by atoms with Crippen LogP contribution < -0.4 is 0 Å². The summed E-state index contributed by atoms with van der Waals surface area (Å²) in [5.74, 6) is -4.57. The highest BCUT2D eigenvalue weighted by molar-refractivity contribution is 7.91. The van der Waals surface area contributed by atoms with E-state index in [0.717, 1.165) is 29.5 Å². The number of hydrogen-bond acceptors (Lipinski definition) is 3. The number of sulfone groups is 1. The van der Waals surface area contributed by atoms with Crippen LogP contribution in [0.5, 0.6) is 0 Å². The summed E-state index contributed by atoms with van der Waals surface area (Å²) in [5.41, 5.74) is 2.71. The highest BCUT2D eigenvalue weighted by Gasteiger charge is 2.61. The van der Waals surface area contributed by atoms with Gasteiger partial charge in [0.2, 0.25) is 15.7 Å². The summed E-state index contributed by atoms with van der Waals surface area (Å²) in [5, 5.41) is 0. The van der Waals surface area contributed by atoms with Crippen molar-refractivity contribution in [1.29, 1.82) is 0 Å². The van der Waals surface area contributed by atoms with Crippen LogP contribution in [0.15, 0.2) is 54.6 Å². The lowest BCUT2D eigenvalue weighted by atomic mass is 9.86. The number of likely N-dealkylation sites (tertiary alicyclic amines) is 1. The van der Waals surface area contributed by atoms with Crippen LogP contribution in [-0.4, -0.2) is 43.3 Å². The molecule has 2 aromatic carbocycles. The smallest absolute Gasteiger partial charge is 0.336 e. The van der Waals surface area contributed by atoms with Gasteiger partial charge in [-0.3, -0.25) is 4.79 Å². The van der Waals surface area contributed by atoms with Gasteiger partial charge in [-0.1, -0.05) is 54.6 Å². The van der Waals surface area contributed by atoms with Crippen molar-refractivity contribution in [1.82, 2.24) is 4.90 Å². The van der Waals surface area contributed by atoms with Crippen LogP contribution in [0.2, 0.25) is 0 Å². The maximum atomic E-state index is 13.1. The molecule has 0 N–H and O–H groups in total. The Morgan fingerprint density at radius 1 is 1.10 bits per heavy atom. The number of halogens is 2. The highest BCUT2D eigenvalue weighted by Crippen LogP contribution is 2.59. The van der Waals surface area contributed by atoms with Crippen LogP contribution in [0.4, 0.5) is 8.78 Å². The van der Waals surface area contributed by atoms with Gasteiger partial charge < -0.3 is 4.90 Å². The van der Waals surface area contributed by atoms with Crippen molar-refractivity contribution in [3.63, 3.8) is 0 Å². The van der Waals surface area contributed by atoms with Crippen LogP contribution in [0.25, 0.3) is 11.1 Å². The third-order valence-electron chi connectivity index (χ3n) is 6.60. The van der Waals surface area contributed by atoms with Crippen LogP contribution in [-0.2, 0) is 21.1 Å². The molecule has 1 heterocycles. The Hall–Kier alpha value is -2.28. The summed E-state index contributed by atoms with van der Waals surface area (Å²) in [7, 11) is -4.51. The quantitative estimate of drug-likeness (QED) is 0.687. The van der Waals surface area contributed by atoms with Gasteiger partial charge in [0.05, 0.1) is 5.75 Å². The fourth-order valence-electron chi connectivity index (χ4n) is 4.85. The van der Waals surface area contributed by atoms with E-state index in [2.05, 4.69) is 0 Å². The molecule has 1 aliphatic heterocycles. The van der Waals surface area contributed by atoms with Gasteiger partial charge in [0.15, 0.2) is 0 Å². The van der Waals surface area contributed by atoms with Crippen molar-refractivity contribution in [2.75, 3.05) is 12.3 Å². The molecule has 4 nitrogen and oxygen atoms in total. The molecule has 1 saturated heterocycles. The molecule has 2 aliphatic rings. The minimum atomic E-state index is -4.51. The molecule has 7 heteroatoms. The Balaban J connectivity index is 1.65. The number of rotatable bonds is 6. The topological polar surface area (TPSA) is 54.5 Å². The first-order chi connectivity index (χ1) is 14.2. The first-order valence-electron chi connectivity index (χ1n) is 10.1. The van der Waals surface area contributed by atoms with Gasteiger partial charge >= 0.3 is 5.76 Å². The molecule has 0 bridgehead atoms. The predicted molar refractivity (Wildman–Crippen MR) is 112 cm³/mol. The van der Waals surface area contributed by atoms with E-state index in [0.29, 0.717) is 13.0 Å².